The molecule has 404 valence electrons. The average molecular weight is 976 g/mol. The van der Waals surface area contributed by atoms with Crippen LogP contribution in [0.25, 0.3) is 0 Å². The second-order valence-corrected chi connectivity index (χ2v) is 20.2. The number of carbonyl (C=O) groups is 3. The number of amides is 2. The summed E-state index contributed by atoms with van der Waals surface area (Å²) >= 11 is 0. The third kappa shape index (κ3) is 37.9. The Morgan fingerprint density at radius 3 is 1.06 bits per heavy atom. The molecular formula is C59H110N2O8. The average Bonchev–Trinajstić information content (AvgIpc) is 3.35. The first-order chi connectivity index (χ1) is 33.7. The van der Waals surface area contributed by atoms with Crippen molar-refractivity contribution in [3.8, 4) is 0 Å². The zero-order valence-electron chi connectivity index (χ0n) is 45.1. The van der Waals surface area contributed by atoms with E-state index in [1.54, 1.807) is 0 Å². The molecule has 2 amide bonds. The highest BCUT2D eigenvalue weighted by molar-refractivity contribution is 5.89. The van der Waals surface area contributed by atoms with Crippen LogP contribution in [0.3, 0.4) is 0 Å². The Kier molecular flexibility index (Phi) is 47.3. The van der Waals surface area contributed by atoms with Gasteiger partial charge in [0, 0.05) is 12.8 Å². The molecule has 0 aromatic carbocycles. The molecule has 2 atom stereocenters. The smallest absolute Gasteiger partial charge is 0.337 e. The number of allylic oxidation sites excluding steroid dienone is 6. The van der Waals surface area contributed by atoms with E-state index in [1.165, 1.54) is 116 Å². The highest BCUT2D eigenvalue weighted by atomic mass is 16.5. The number of rotatable bonds is 52. The molecule has 10 nitrogen and oxygen atoms in total. The number of hydrogen-bond acceptors (Lipinski definition) is 8. The van der Waals surface area contributed by atoms with Crippen molar-refractivity contribution < 1.29 is 39.5 Å². The summed E-state index contributed by atoms with van der Waals surface area (Å²) in [6.07, 6.45) is 54.0. The van der Waals surface area contributed by atoms with Crippen molar-refractivity contribution in [1.29, 1.82) is 0 Å². The number of aliphatic hydroxyl groups excluding tert-OH is 4. The summed E-state index contributed by atoms with van der Waals surface area (Å²) in [5.74, 6) is -1.94. The van der Waals surface area contributed by atoms with Gasteiger partial charge in [-0.2, -0.15) is 0 Å². The van der Waals surface area contributed by atoms with Gasteiger partial charge in [-0.1, -0.05) is 205 Å². The molecule has 69 heavy (non-hydrogen) atoms. The van der Waals surface area contributed by atoms with Gasteiger partial charge >= 0.3 is 5.97 Å². The summed E-state index contributed by atoms with van der Waals surface area (Å²) in [6, 6.07) is 0. The lowest BCUT2D eigenvalue weighted by Crippen LogP contribution is -2.66. The van der Waals surface area contributed by atoms with Gasteiger partial charge in [-0.25, -0.2) is 4.79 Å². The van der Waals surface area contributed by atoms with Crippen molar-refractivity contribution in [1.82, 2.24) is 10.6 Å². The monoisotopic (exact) mass is 975 g/mol. The van der Waals surface area contributed by atoms with Crippen LogP contribution in [-0.4, -0.2) is 81.8 Å². The van der Waals surface area contributed by atoms with Crippen LogP contribution < -0.4 is 10.6 Å². The maximum atomic E-state index is 14.0. The van der Waals surface area contributed by atoms with Gasteiger partial charge < -0.3 is 35.8 Å². The fourth-order valence-corrected chi connectivity index (χ4v) is 8.75. The van der Waals surface area contributed by atoms with Crippen molar-refractivity contribution in [2.24, 2.45) is 0 Å². The molecule has 0 saturated heterocycles. The zero-order valence-corrected chi connectivity index (χ0v) is 45.1. The molecule has 10 heteroatoms. The normalized spacial score (nSPS) is 13.4. The van der Waals surface area contributed by atoms with Crippen LogP contribution in [0.4, 0.5) is 0 Å². The van der Waals surface area contributed by atoms with Gasteiger partial charge in [-0.15, -0.1) is 0 Å². The molecule has 0 aromatic rings. The van der Waals surface area contributed by atoms with E-state index in [2.05, 4.69) is 67.9 Å². The number of carbonyl (C=O) groups excluding carboxylic acids is 3. The molecule has 0 heterocycles. The fraction of sp³-hybridized carbons (Fsp3) is 0.847. The molecule has 0 rings (SSSR count). The second kappa shape index (κ2) is 49.1. The van der Waals surface area contributed by atoms with E-state index in [1.807, 2.05) is 0 Å². The van der Waals surface area contributed by atoms with Crippen LogP contribution in [0.5, 0.6) is 0 Å². The highest BCUT2D eigenvalue weighted by Crippen LogP contribution is 2.22. The summed E-state index contributed by atoms with van der Waals surface area (Å²) in [5.41, 5.74) is -3.84. The number of hydrogen-bond donors (Lipinski definition) is 6. The molecule has 0 aromatic heterocycles. The van der Waals surface area contributed by atoms with Crippen molar-refractivity contribution in [2.45, 2.75) is 295 Å². The zero-order chi connectivity index (χ0) is 50.8. The maximum Gasteiger partial charge on any atom is 0.337 e. The Hall–Kier alpha value is -2.53. The number of esters is 1. The Bertz CT molecular complexity index is 1270. The van der Waals surface area contributed by atoms with Crippen molar-refractivity contribution >= 4 is 17.8 Å². The second-order valence-electron chi connectivity index (χ2n) is 20.2. The minimum Gasteiger partial charge on any atom is -0.461 e. The van der Waals surface area contributed by atoms with E-state index < -0.39 is 55.5 Å². The number of nitrogens with one attached hydrogen (secondary N) is 2. The molecule has 0 radical (unpaired) electrons. The maximum absolute atomic E-state index is 14.0. The molecule has 0 saturated carbocycles. The highest BCUT2D eigenvalue weighted by Gasteiger charge is 2.48. The molecule has 0 fully saturated rings. The van der Waals surface area contributed by atoms with Gasteiger partial charge in [-0.3, -0.25) is 9.59 Å². The van der Waals surface area contributed by atoms with Gasteiger partial charge in [0.05, 0.1) is 25.9 Å². The molecule has 0 aliphatic carbocycles. The lowest BCUT2D eigenvalue weighted by Gasteiger charge is -2.37. The Labute approximate surface area is 424 Å². The van der Waals surface area contributed by atoms with Crippen molar-refractivity contribution in [2.75, 3.05) is 26.4 Å². The number of ether oxygens (including phenoxy) is 1. The minimum absolute atomic E-state index is 0.120. The van der Waals surface area contributed by atoms with Gasteiger partial charge in [0.2, 0.25) is 11.8 Å². The third-order valence-corrected chi connectivity index (χ3v) is 13.6. The summed E-state index contributed by atoms with van der Waals surface area (Å²) in [4.78, 5) is 40.4. The quantitative estimate of drug-likeness (QED) is 0.0199. The van der Waals surface area contributed by atoms with E-state index in [-0.39, 0.29) is 25.2 Å². The predicted molar refractivity (Wildman–Crippen MR) is 289 cm³/mol. The van der Waals surface area contributed by atoms with Crippen LogP contribution in [0.15, 0.2) is 36.5 Å². The van der Waals surface area contributed by atoms with Crippen LogP contribution >= 0.6 is 0 Å². The molecule has 0 aliphatic rings. The minimum atomic E-state index is -2.15. The molecule has 0 bridgehead atoms. The summed E-state index contributed by atoms with van der Waals surface area (Å²) in [6.45, 7) is 3.78. The molecule has 0 aliphatic heterocycles. The largest absolute Gasteiger partial charge is 0.461 e. The van der Waals surface area contributed by atoms with E-state index in [0.717, 1.165) is 103 Å². The van der Waals surface area contributed by atoms with E-state index in [4.69, 9.17) is 4.74 Å². The number of unbranched alkanes of at least 4 members (excludes halogenated alkanes) is 31. The van der Waals surface area contributed by atoms with Gasteiger partial charge in [0.1, 0.15) is 12.1 Å². The first-order valence-corrected chi connectivity index (χ1v) is 29.0. The van der Waals surface area contributed by atoms with Crippen LogP contribution in [0.2, 0.25) is 0 Å². The third-order valence-electron chi connectivity index (χ3n) is 13.6. The van der Waals surface area contributed by atoms with Gasteiger partial charge in [0.15, 0.2) is 5.54 Å². The van der Waals surface area contributed by atoms with E-state index >= 15 is 0 Å². The SMILES string of the molecule is CCCCCCCCC=CCCCCCCCC(=O)NC(CO)(CO)COC(=O)C(CO)(NC(=O)CCCCCCCC=CCCCCCCCC)C(O)CCCCCC=CCCCCCCCC. The Morgan fingerprint density at radius 1 is 0.420 bits per heavy atom. The first kappa shape index (κ1) is 66.5. The molecule has 6 N–H and O–H groups in total. The van der Waals surface area contributed by atoms with Crippen molar-refractivity contribution in [3.63, 3.8) is 0 Å². The summed E-state index contributed by atoms with van der Waals surface area (Å²) < 4.78 is 5.62. The lowest BCUT2D eigenvalue weighted by atomic mass is 9.88. The van der Waals surface area contributed by atoms with E-state index in [9.17, 15) is 34.8 Å². The van der Waals surface area contributed by atoms with E-state index in [0.29, 0.717) is 19.3 Å². The van der Waals surface area contributed by atoms with Gasteiger partial charge in [0.25, 0.3) is 0 Å². The Morgan fingerprint density at radius 2 is 0.725 bits per heavy atom. The molecule has 2 unspecified atom stereocenters. The van der Waals surface area contributed by atoms with Crippen LogP contribution in [0, 0.1) is 0 Å². The molecule has 0 spiro atoms. The fourth-order valence-electron chi connectivity index (χ4n) is 8.75. The lowest BCUT2D eigenvalue weighted by molar-refractivity contribution is -0.167. The Balaban J connectivity index is 5.16. The van der Waals surface area contributed by atoms with Gasteiger partial charge in [-0.05, 0) is 96.3 Å². The molecular weight excluding hydrogens is 865 g/mol. The summed E-state index contributed by atoms with van der Waals surface area (Å²) in [7, 11) is 0. The number of aliphatic hydroxyl groups is 4. The predicted octanol–water partition coefficient (Wildman–Crippen LogP) is 13.9. The van der Waals surface area contributed by atoms with Crippen LogP contribution in [0.1, 0.15) is 278 Å². The standard InChI is InChI=1S/C59H110N2O8/c1-4-7-10-13-16-19-22-25-27-30-33-36-39-42-45-48-55(66)60-58(50-62,51-63)53-69-57(68)59(52-64,54(65)47-44-41-38-35-32-29-24-21-18-15-12-9-6-3)61-56(67)49-46-43-40-37-34-31-28-26-23-20-17-14-11-8-5-2/h25-29,32,54,62-65H,4-24,30-31,33-53H2,1-3H3,(H,60,66)(H,61,67). The van der Waals surface area contributed by atoms with Crippen molar-refractivity contribution in [3.05, 3.63) is 36.5 Å². The van der Waals surface area contributed by atoms with Crippen LogP contribution in [-0.2, 0) is 19.1 Å². The topological polar surface area (TPSA) is 165 Å². The first-order valence-electron chi connectivity index (χ1n) is 29.0. The summed E-state index contributed by atoms with van der Waals surface area (Å²) in [5, 5.41) is 48.4.